The van der Waals surface area contributed by atoms with Crippen LogP contribution in [-0.2, 0) is 19.4 Å². The predicted molar refractivity (Wildman–Crippen MR) is 91.0 cm³/mol. The topological polar surface area (TPSA) is 46.9 Å². The third-order valence-corrected chi connectivity index (χ3v) is 5.10. The Labute approximate surface area is 142 Å². The van der Waals surface area contributed by atoms with Crippen molar-refractivity contribution >= 4 is 17.2 Å². The molecule has 0 saturated heterocycles. The van der Waals surface area contributed by atoms with E-state index in [1.165, 1.54) is 12.1 Å². The second-order valence-corrected chi connectivity index (χ2v) is 6.81. The molecule has 0 unspecified atom stereocenters. The Hall–Kier alpha value is -2.47. The molecule has 0 saturated carbocycles. The number of hydrogen-bond acceptors (Lipinski definition) is 3. The summed E-state index contributed by atoms with van der Waals surface area (Å²) in [5.74, 6) is -0.432. The summed E-state index contributed by atoms with van der Waals surface area (Å²) in [6.45, 7) is 0.509. The number of rotatable bonds is 4. The van der Waals surface area contributed by atoms with Crippen molar-refractivity contribution in [1.82, 2.24) is 15.1 Å². The number of aromatic nitrogens is 2. The predicted octanol–water partition coefficient (Wildman–Crippen LogP) is 3.49. The first-order chi connectivity index (χ1) is 11.7. The van der Waals surface area contributed by atoms with E-state index in [1.807, 2.05) is 17.5 Å². The zero-order valence-electron chi connectivity index (χ0n) is 13.0. The van der Waals surface area contributed by atoms with Gasteiger partial charge in [0.15, 0.2) is 5.69 Å². The number of nitrogens with zero attached hydrogens (tertiary/aromatic N) is 2. The van der Waals surface area contributed by atoms with E-state index in [2.05, 4.69) is 10.4 Å². The average molecular weight is 341 g/mol. The summed E-state index contributed by atoms with van der Waals surface area (Å²) in [6, 6.07) is 10.2. The van der Waals surface area contributed by atoms with Crippen molar-refractivity contribution < 1.29 is 9.18 Å². The van der Waals surface area contributed by atoms with Gasteiger partial charge in [-0.25, -0.2) is 9.07 Å². The van der Waals surface area contributed by atoms with Crippen molar-refractivity contribution in [2.45, 2.75) is 25.8 Å². The fourth-order valence-electron chi connectivity index (χ4n) is 3.08. The van der Waals surface area contributed by atoms with Crippen LogP contribution in [0.5, 0.6) is 0 Å². The van der Waals surface area contributed by atoms with Crippen molar-refractivity contribution in [3.8, 4) is 5.69 Å². The lowest BCUT2D eigenvalue weighted by Gasteiger charge is -2.05. The van der Waals surface area contributed by atoms with Crippen LogP contribution in [0.2, 0.25) is 0 Å². The number of halogens is 1. The number of carbonyl (C=O) groups excluding carboxylic acids is 1. The van der Waals surface area contributed by atoms with Gasteiger partial charge in [-0.3, -0.25) is 4.79 Å². The van der Waals surface area contributed by atoms with Gasteiger partial charge in [-0.05, 0) is 55.0 Å². The molecule has 0 radical (unpaired) electrons. The van der Waals surface area contributed by atoms with Gasteiger partial charge in [-0.1, -0.05) is 6.07 Å². The molecule has 1 aromatic carbocycles. The summed E-state index contributed by atoms with van der Waals surface area (Å²) < 4.78 is 14.9. The van der Waals surface area contributed by atoms with Crippen molar-refractivity contribution in [1.29, 1.82) is 0 Å². The zero-order valence-corrected chi connectivity index (χ0v) is 13.8. The van der Waals surface area contributed by atoms with Gasteiger partial charge >= 0.3 is 0 Å². The molecule has 1 N–H and O–H groups in total. The van der Waals surface area contributed by atoms with Gasteiger partial charge in [-0.2, -0.15) is 5.10 Å². The molecule has 6 heteroatoms. The first-order valence-electron chi connectivity index (χ1n) is 7.89. The van der Waals surface area contributed by atoms with E-state index < -0.39 is 0 Å². The summed E-state index contributed by atoms with van der Waals surface area (Å²) in [6.07, 6.45) is 2.76. The lowest BCUT2D eigenvalue weighted by molar-refractivity contribution is 0.0945. The third-order valence-electron chi connectivity index (χ3n) is 4.22. The Balaban J connectivity index is 1.63. The monoisotopic (exact) mass is 341 g/mol. The molecule has 1 aliphatic rings. The Morgan fingerprint density at radius 1 is 1.25 bits per heavy atom. The molecule has 1 aliphatic carbocycles. The molecule has 0 bridgehead atoms. The molecule has 0 spiro atoms. The quantitative estimate of drug-likeness (QED) is 0.790. The first kappa shape index (κ1) is 15.1. The highest BCUT2D eigenvalue weighted by Gasteiger charge is 2.26. The van der Waals surface area contributed by atoms with Crippen molar-refractivity contribution in [2.75, 3.05) is 0 Å². The molecule has 0 fully saturated rings. The maximum Gasteiger partial charge on any atom is 0.272 e. The molecule has 0 aliphatic heterocycles. The van der Waals surface area contributed by atoms with Crippen LogP contribution in [0, 0.1) is 5.82 Å². The van der Waals surface area contributed by atoms with E-state index >= 15 is 0 Å². The minimum Gasteiger partial charge on any atom is -0.346 e. The highest BCUT2D eigenvalue weighted by molar-refractivity contribution is 7.09. The van der Waals surface area contributed by atoms with Gasteiger partial charge < -0.3 is 5.32 Å². The Morgan fingerprint density at radius 2 is 2.08 bits per heavy atom. The van der Waals surface area contributed by atoms with Crippen LogP contribution in [-0.4, -0.2) is 15.7 Å². The van der Waals surface area contributed by atoms with E-state index in [9.17, 15) is 9.18 Å². The van der Waals surface area contributed by atoms with Crippen molar-refractivity contribution in [3.63, 3.8) is 0 Å². The summed E-state index contributed by atoms with van der Waals surface area (Å²) in [5.41, 5.74) is 3.35. The fourth-order valence-corrected chi connectivity index (χ4v) is 3.72. The molecular formula is C18H16FN3OS. The van der Waals surface area contributed by atoms with Gasteiger partial charge in [0.1, 0.15) is 5.82 Å². The molecule has 4 rings (SSSR count). The Morgan fingerprint density at radius 3 is 2.83 bits per heavy atom. The molecule has 24 heavy (non-hydrogen) atoms. The molecule has 122 valence electrons. The second kappa shape index (κ2) is 6.20. The number of benzene rings is 1. The molecule has 0 atom stereocenters. The maximum absolute atomic E-state index is 13.2. The summed E-state index contributed by atoms with van der Waals surface area (Å²) >= 11 is 1.61. The highest BCUT2D eigenvalue weighted by atomic mass is 32.1. The van der Waals surface area contributed by atoms with E-state index in [0.717, 1.165) is 41.1 Å². The molecular weight excluding hydrogens is 325 g/mol. The molecule has 1 amide bonds. The van der Waals surface area contributed by atoms with Crippen molar-refractivity contribution in [2.24, 2.45) is 0 Å². The minimum atomic E-state index is -0.281. The Kier molecular flexibility index (Phi) is 3.90. The molecule has 3 aromatic rings. The SMILES string of the molecule is O=C(NCc1cccs1)c1nn(-c2ccc(F)cc2)c2c1CCC2. The van der Waals surface area contributed by atoms with Gasteiger partial charge in [0.25, 0.3) is 5.91 Å². The fraction of sp³-hybridized carbons (Fsp3) is 0.222. The summed E-state index contributed by atoms with van der Waals surface area (Å²) in [4.78, 5) is 13.7. The third kappa shape index (κ3) is 2.73. The van der Waals surface area contributed by atoms with Crippen LogP contribution in [0.4, 0.5) is 4.39 Å². The summed E-state index contributed by atoms with van der Waals surface area (Å²) in [5, 5.41) is 9.45. The van der Waals surface area contributed by atoms with Gasteiger partial charge in [0, 0.05) is 16.1 Å². The number of nitrogens with one attached hydrogen (secondary N) is 1. The molecule has 2 aromatic heterocycles. The van der Waals surface area contributed by atoms with Crippen molar-refractivity contribution in [3.05, 3.63) is 69.4 Å². The van der Waals surface area contributed by atoms with Gasteiger partial charge in [0.2, 0.25) is 0 Å². The van der Waals surface area contributed by atoms with Crippen LogP contribution >= 0.6 is 11.3 Å². The minimum absolute atomic E-state index is 0.151. The van der Waals surface area contributed by atoms with Gasteiger partial charge in [-0.15, -0.1) is 11.3 Å². The summed E-state index contributed by atoms with van der Waals surface area (Å²) in [7, 11) is 0. The van der Waals surface area contributed by atoms with E-state index in [0.29, 0.717) is 12.2 Å². The lowest BCUT2D eigenvalue weighted by atomic mass is 10.2. The molecule has 2 heterocycles. The standard InChI is InChI=1S/C18H16FN3OS/c19-12-6-8-13(9-7-12)22-16-5-1-4-15(16)17(21-22)18(23)20-11-14-3-2-10-24-14/h2-3,6-10H,1,4-5,11H2,(H,20,23). The molecule has 4 nitrogen and oxygen atoms in total. The number of hydrogen-bond donors (Lipinski definition) is 1. The number of carbonyl (C=O) groups is 1. The van der Waals surface area contributed by atoms with Crippen LogP contribution in [0.3, 0.4) is 0 Å². The first-order valence-corrected chi connectivity index (χ1v) is 8.77. The smallest absolute Gasteiger partial charge is 0.272 e. The van der Waals surface area contributed by atoms with E-state index in [-0.39, 0.29) is 11.7 Å². The Bertz CT molecular complexity index is 869. The zero-order chi connectivity index (χ0) is 16.5. The normalized spacial score (nSPS) is 13.0. The number of amides is 1. The van der Waals surface area contributed by atoms with Crippen LogP contribution < -0.4 is 5.32 Å². The van der Waals surface area contributed by atoms with E-state index in [4.69, 9.17) is 0 Å². The average Bonchev–Trinajstić information content (AvgIpc) is 3.31. The lowest BCUT2D eigenvalue weighted by Crippen LogP contribution is -2.24. The van der Waals surface area contributed by atoms with Gasteiger partial charge in [0.05, 0.1) is 12.2 Å². The number of fused-ring (bicyclic) bond motifs is 1. The highest BCUT2D eigenvalue weighted by Crippen LogP contribution is 2.28. The largest absolute Gasteiger partial charge is 0.346 e. The van der Waals surface area contributed by atoms with Crippen LogP contribution in [0.15, 0.2) is 41.8 Å². The second-order valence-electron chi connectivity index (χ2n) is 5.78. The number of thiophene rings is 1. The van der Waals surface area contributed by atoms with Crippen LogP contribution in [0.1, 0.15) is 33.0 Å². The van der Waals surface area contributed by atoms with E-state index in [1.54, 1.807) is 28.2 Å². The van der Waals surface area contributed by atoms with Crippen LogP contribution in [0.25, 0.3) is 5.69 Å². The maximum atomic E-state index is 13.2.